The second kappa shape index (κ2) is 5.17. The van der Waals surface area contributed by atoms with Crippen LogP contribution in [0.25, 0.3) is 0 Å². The summed E-state index contributed by atoms with van der Waals surface area (Å²) >= 11 is 3.36. The number of hydrogen-bond donors (Lipinski definition) is 0. The fourth-order valence-corrected chi connectivity index (χ4v) is 1.73. The summed E-state index contributed by atoms with van der Waals surface area (Å²) in [5.74, 6) is -0.731. The number of carbonyl (C=O) groups is 1. The molecule has 94 valence electrons. The molecule has 0 fully saturated rings. The number of amides is 1. The minimum atomic E-state index is -0.435. The van der Waals surface area contributed by atoms with Gasteiger partial charge in [0.1, 0.15) is 5.82 Å². The van der Waals surface area contributed by atoms with Gasteiger partial charge in [-0.3, -0.25) is 4.79 Å². The zero-order valence-corrected chi connectivity index (χ0v) is 12.1. The number of aryl methyl sites for hydroxylation is 1. The second-order valence-electron chi connectivity index (χ2n) is 4.75. The Morgan fingerprint density at radius 3 is 2.59 bits per heavy atom. The van der Waals surface area contributed by atoms with E-state index in [4.69, 9.17) is 0 Å². The molecule has 17 heavy (non-hydrogen) atoms. The lowest BCUT2D eigenvalue weighted by atomic mass is 10.0. The Morgan fingerprint density at radius 1 is 1.47 bits per heavy atom. The highest BCUT2D eigenvalue weighted by molar-refractivity contribution is 9.09. The van der Waals surface area contributed by atoms with Crippen molar-refractivity contribution >= 4 is 21.8 Å². The fourth-order valence-electron chi connectivity index (χ4n) is 1.36. The molecule has 0 N–H and O–H groups in total. The standard InChI is InChI=1S/C13H17BrFNO/c1-9-6-5-7-10(11(9)15)12(17)16(4)13(2,3)8-14/h5-7H,8H2,1-4H3. The molecule has 0 radical (unpaired) electrons. The van der Waals surface area contributed by atoms with E-state index in [0.29, 0.717) is 10.9 Å². The van der Waals surface area contributed by atoms with Crippen LogP contribution in [0.15, 0.2) is 18.2 Å². The van der Waals surface area contributed by atoms with Gasteiger partial charge in [-0.25, -0.2) is 4.39 Å². The molecule has 0 spiro atoms. The van der Waals surface area contributed by atoms with Crippen molar-refractivity contribution in [3.63, 3.8) is 0 Å². The maximum atomic E-state index is 13.8. The van der Waals surface area contributed by atoms with Gasteiger partial charge in [0.05, 0.1) is 5.56 Å². The van der Waals surface area contributed by atoms with Crippen molar-refractivity contribution in [1.82, 2.24) is 4.90 Å². The van der Waals surface area contributed by atoms with E-state index in [1.54, 1.807) is 31.0 Å². The van der Waals surface area contributed by atoms with Crippen molar-refractivity contribution < 1.29 is 9.18 Å². The van der Waals surface area contributed by atoms with Crippen LogP contribution >= 0.6 is 15.9 Å². The molecular formula is C13H17BrFNO. The average molecular weight is 302 g/mol. The van der Waals surface area contributed by atoms with Crippen LogP contribution in [0.5, 0.6) is 0 Å². The summed E-state index contributed by atoms with van der Waals surface area (Å²) in [5, 5.41) is 0.635. The lowest BCUT2D eigenvalue weighted by Gasteiger charge is -2.34. The summed E-state index contributed by atoms with van der Waals surface area (Å²) in [6.07, 6.45) is 0. The van der Waals surface area contributed by atoms with Crippen molar-refractivity contribution in [1.29, 1.82) is 0 Å². The summed E-state index contributed by atoms with van der Waals surface area (Å²) in [7, 11) is 1.69. The Hall–Kier alpha value is -0.900. The Labute approximate surface area is 110 Å². The average Bonchev–Trinajstić information content (AvgIpc) is 2.30. The third-order valence-corrected chi connectivity index (χ3v) is 4.33. The molecule has 1 aromatic carbocycles. The summed E-state index contributed by atoms with van der Waals surface area (Å²) in [4.78, 5) is 13.7. The van der Waals surface area contributed by atoms with Gasteiger partial charge in [-0.2, -0.15) is 0 Å². The van der Waals surface area contributed by atoms with Gasteiger partial charge in [0.25, 0.3) is 5.91 Å². The molecule has 1 amide bonds. The molecule has 0 saturated carbocycles. The lowest BCUT2D eigenvalue weighted by molar-refractivity contribution is 0.0658. The van der Waals surface area contributed by atoms with Gasteiger partial charge < -0.3 is 4.90 Å². The Bertz CT molecular complexity index is 431. The largest absolute Gasteiger partial charge is 0.336 e. The van der Waals surface area contributed by atoms with Crippen LogP contribution in [-0.2, 0) is 0 Å². The van der Waals surface area contributed by atoms with E-state index in [9.17, 15) is 9.18 Å². The van der Waals surface area contributed by atoms with Crippen LogP contribution in [-0.4, -0.2) is 28.7 Å². The first-order valence-corrected chi connectivity index (χ1v) is 6.52. The van der Waals surface area contributed by atoms with Gasteiger partial charge in [-0.05, 0) is 32.4 Å². The molecule has 0 aliphatic rings. The molecular weight excluding hydrogens is 285 g/mol. The van der Waals surface area contributed by atoms with Gasteiger partial charge in [0.2, 0.25) is 0 Å². The zero-order valence-electron chi connectivity index (χ0n) is 10.6. The van der Waals surface area contributed by atoms with Crippen molar-refractivity contribution in [2.75, 3.05) is 12.4 Å². The fraction of sp³-hybridized carbons (Fsp3) is 0.462. The minimum Gasteiger partial charge on any atom is -0.336 e. The van der Waals surface area contributed by atoms with Gasteiger partial charge in [0.15, 0.2) is 0 Å². The summed E-state index contributed by atoms with van der Waals surface area (Å²) in [6.45, 7) is 5.50. The molecule has 1 rings (SSSR count). The summed E-state index contributed by atoms with van der Waals surface area (Å²) in [6, 6.07) is 4.87. The molecule has 2 nitrogen and oxygen atoms in total. The van der Waals surface area contributed by atoms with E-state index >= 15 is 0 Å². The van der Waals surface area contributed by atoms with Gasteiger partial charge in [-0.15, -0.1) is 0 Å². The highest BCUT2D eigenvalue weighted by atomic mass is 79.9. The quantitative estimate of drug-likeness (QED) is 0.784. The first-order chi connectivity index (χ1) is 7.81. The lowest BCUT2D eigenvalue weighted by Crippen LogP contribution is -2.46. The Balaban J connectivity index is 3.09. The third-order valence-electron chi connectivity index (χ3n) is 2.96. The Kier molecular flexibility index (Phi) is 4.31. The molecule has 1 aromatic rings. The Morgan fingerprint density at radius 2 is 2.06 bits per heavy atom. The smallest absolute Gasteiger partial charge is 0.257 e. The van der Waals surface area contributed by atoms with E-state index in [1.165, 1.54) is 6.07 Å². The molecule has 0 aliphatic heterocycles. The van der Waals surface area contributed by atoms with Crippen LogP contribution in [0.3, 0.4) is 0 Å². The predicted molar refractivity (Wildman–Crippen MR) is 71.1 cm³/mol. The number of halogens is 2. The van der Waals surface area contributed by atoms with E-state index in [-0.39, 0.29) is 17.0 Å². The highest BCUT2D eigenvalue weighted by Gasteiger charge is 2.28. The number of hydrogen-bond acceptors (Lipinski definition) is 1. The van der Waals surface area contributed by atoms with Crippen LogP contribution in [0.2, 0.25) is 0 Å². The van der Waals surface area contributed by atoms with Crippen LogP contribution in [0.4, 0.5) is 4.39 Å². The second-order valence-corrected chi connectivity index (χ2v) is 5.31. The minimum absolute atomic E-state index is 0.126. The molecule has 4 heteroatoms. The van der Waals surface area contributed by atoms with Gasteiger partial charge >= 0.3 is 0 Å². The van der Waals surface area contributed by atoms with Gasteiger partial charge in [-0.1, -0.05) is 28.1 Å². The monoisotopic (exact) mass is 301 g/mol. The normalized spacial score (nSPS) is 11.4. The SMILES string of the molecule is Cc1cccc(C(=O)N(C)C(C)(C)CBr)c1F. The van der Waals surface area contributed by atoms with E-state index in [0.717, 1.165) is 0 Å². The molecule has 0 aromatic heterocycles. The van der Waals surface area contributed by atoms with Crippen LogP contribution in [0, 0.1) is 12.7 Å². The van der Waals surface area contributed by atoms with E-state index in [2.05, 4.69) is 15.9 Å². The third kappa shape index (κ3) is 2.86. The topological polar surface area (TPSA) is 20.3 Å². The zero-order chi connectivity index (χ0) is 13.2. The number of carbonyl (C=O) groups excluding carboxylic acids is 1. The summed E-state index contributed by atoms with van der Waals surface area (Å²) < 4.78 is 13.8. The van der Waals surface area contributed by atoms with E-state index in [1.807, 2.05) is 13.8 Å². The summed E-state index contributed by atoms with van der Waals surface area (Å²) in [5.41, 5.74) is 0.259. The maximum absolute atomic E-state index is 13.8. The molecule has 0 atom stereocenters. The van der Waals surface area contributed by atoms with Crippen molar-refractivity contribution in [2.24, 2.45) is 0 Å². The van der Waals surface area contributed by atoms with Crippen LogP contribution in [0.1, 0.15) is 29.8 Å². The van der Waals surface area contributed by atoms with Crippen LogP contribution < -0.4 is 0 Å². The molecule has 0 aliphatic carbocycles. The molecule has 0 unspecified atom stereocenters. The molecule has 0 saturated heterocycles. The number of benzene rings is 1. The maximum Gasteiger partial charge on any atom is 0.257 e. The van der Waals surface area contributed by atoms with Gasteiger partial charge in [0, 0.05) is 17.9 Å². The van der Waals surface area contributed by atoms with E-state index < -0.39 is 5.82 Å². The molecule has 0 bridgehead atoms. The first-order valence-electron chi connectivity index (χ1n) is 5.40. The number of rotatable bonds is 3. The first kappa shape index (κ1) is 14.2. The predicted octanol–water partition coefficient (Wildman–Crippen LogP) is 3.38. The number of alkyl halides is 1. The molecule has 0 heterocycles. The van der Waals surface area contributed by atoms with Crippen molar-refractivity contribution in [3.8, 4) is 0 Å². The van der Waals surface area contributed by atoms with Crippen molar-refractivity contribution in [2.45, 2.75) is 26.3 Å². The number of nitrogens with zero attached hydrogens (tertiary/aromatic N) is 1. The highest BCUT2D eigenvalue weighted by Crippen LogP contribution is 2.20. The van der Waals surface area contributed by atoms with Crippen molar-refractivity contribution in [3.05, 3.63) is 35.1 Å².